The number of carboxylic acid groups (broad SMARTS) is 1. The van der Waals surface area contributed by atoms with E-state index < -0.39 is 27.2 Å². The van der Waals surface area contributed by atoms with E-state index in [9.17, 15) is 30.1 Å². The zero-order valence-corrected chi connectivity index (χ0v) is 12.1. The van der Waals surface area contributed by atoms with Gasteiger partial charge in [-0.1, -0.05) is 0 Å². The van der Waals surface area contributed by atoms with Crippen molar-refractivity contribution in [2.24, 2.45) is 0 Å². The minimum Gasteiger partial charge on any atom is -0.545 e. The first-order valence-corrected chi connectivity index (χ1v) is 6.33. The molecule has 0 unspecified atom stereocenters. The quantitative estimate of drug-likeness (QED) is 0.573. The van der Waals surface area contributed by atoms with Crippen molar-refractivity contribution in [3.8, 4) is 17.2 Å². The molecular formula is C14H9N2O8-. The van der Waals surface area contributed by atoms with Gasteiger partial charge >= 0.3 is 5.69 Å². The summed E-state index contributed by atoms with van der Waals surface area (Å²) in [6.45, 7) is 0. The van der Waals surface area contributed by atoms with Crippen LogP contribution >= 0.6 is 0 Å². The molecule has 2 aromatic carbocycles. The number of carbonyl (C=O) groups is 1. The number of non-ortho nitro benzene ring substituents is 1. The second-order valence-electron chi connectivity index (χ2n) is 4.42. The highest BCUT2D eigenvalue weighted by Crippen LogP contribution is 2.38. The van der Waals surface area contributed by atoms with Crippen LogP contribution in [0.15, 0.2) is 36.4 Å². The summed E-state index contributed by atoms with van der Waals surface area (Å²) >= 11 is 0. The van der Waals surface area contributed by atoms with Gasteiger partial charge in [-0.2, -0.15) is 0 Å². The monoisotopic (exact) mass is 333 g/mol. The predicted octanol–water partition coefficient (Wildman–Crippen LogP) is 1.67. The lowest BCUT2D eigenvalue weighted by Gasteiger charge is -2.12. The van der Waals surface area contributed by atoms with Crippen LogP contribution in [0, 0.1) is 20.2 Å². The van der Waals surface area contributed by atoms with Gasteiger partial charge in [0.05, 0.1) is 29.0 Å². The van der Waals surface area contributed by atoms with E-state index >= 15 is 0 Å². The zero-order chi connectivity index (χ0) is 17.9. The molecule has 0 aliphatic rings. The number of hydrogen-bond acceptors (Lipinski definition) is 8. The van der Waals surface area contributed by atoms with E-state index in [0.29, 0.717) is 0 Å². The van der Waals surface area contributed by atoms with Crippen LogP contribution in [0.1, 0.15) is 10.4 Å². The molecule has 0 atom stereocenters. The number of nitro groups is 2. The van der Waals surface area contributed by atoms with Crippen molar-refractivity contribution in [3.63, 3.8) is 0 Å². The highest BCUT2D eigenvalue weighted by Gasteiger charge is 2.22. The van der Waals surface area contributed by atoms with Gasteiger partial charge in [-0.15, -0.1) is 0 Å². The fraction of sp³-hybridized carbons (Fsp3) is 0.0714. The number of nitrogens with zero attached hydrogens (tertiary/aromatic N) is 2. The smallest absolute Gasteiger partial charge is 0.318 e. The Kier molecular flexibility index (Phi) is 4.59. The SMILES string of the molecule is COc1cc(C(=O)[O-])ccc1Oc1ccc([N+](=O)[O-])cc1[N+](=O)[O-]. The number of aromatic carboxylic acids is 1. The van der Waals surface area contributed by atoms with E-state index in [0.717, 1.165) is 24.3 Å². The molecule has 0 heterocycles. The van der Waals surface area contributed by atoms with Crippen molar-refractivity contribution < 1.29 is 29.2 Å². The summed E-state index contributed by atoms with van der Waals surface area (Å²) in [5.74, 6) is -1.69. The lowest BCUT2D eigenvalue weighted by atomic mass is 10.2. The van der Waals surface area contributed by atoms with Crippen LogP contribution < -0.4 is 14.6 Å². The fourth-order valence-electron chi connectivity index (χ4n) is 1.85. The molecule has 124 valence electrons. The summed E-state index contributed by atoms with van der Waals surface area (Å²) < 4.78 is 10.3. The summed E-state index contributed by atoms with van der Waals surface area (Å²) in [5, 5.41) is 32.6. The van der Waals surface area contributed by atoms with Crippen LogP contribution in [0.4, 0.5) is 11.4 Å². The van der Waals surface area contributed by atoms with Crippen LogP contribution in [-0.4, -0.2) is 22.9 Å². The maximum Gasteiger partial charge on any atom is 0.318 e. The molecule has 0 aliphatic heterocycles. The van der Waals surface area contributed by atoms with Crippen LogP contribution in [0.5, 0.6) is 17.2 Å². The van der Waals surface area contributed by atoms with E-state index in [1.165, 1.54) is 19.2 Å². The van der Waals surface area contributed by atoms with Crippen LogP contribution in [0.3, 0.4) is 0 Å². The van der Waals surface area contributed by atoms with Gasteiger partial charge in [0, 0.05) is 11.6 Å². The average molecular weight is 333 g/mol. The minimum absolute atomic E-state index is 0.000506. The topological polar surface area (TPSA) is 145 Å². The Balaban J connectivity index is 2.46. The standard InChI is InChI=1S/C14H10N2O8/c1-23-13-6-8(14(17)18)2-4-12(13)24-11-5-3-9(15(19)20)7-10(11)16(21)22/h2-7H,1H3,(H,17,18)/p-1. The fourth-order valence-corrected chi connectivity index (χ4v) is 1.85. The molecule has 2 rings (SSSR count). The van der Waals surface area contributed by atoms with Crippen LogP contribution in [-0.2, 0) is 0 Å². The molecule has 24 heavy (non-hydrogen) atoms. The highest BCUT2D eigenvalue weighted by molar-refractivity contribution is 5.86. The number of methoxy groups -OCH3 is 1. The van der Waals surface area contributed by atoms with Crippen molar-refractivity contribution in [2.45, 2.75) is 0 Å². The number of hydrogen-bond donors (Lipinski definition) is 0. The van der Waals surface area contributed by atoms with E-state index in [2.05, 4.69) is 0 Å². The first-order valence-electron chi connectivity index (χ1n) is 6.33. The van der Waals surface area contributed by atoms with E-state index in [-0.39, 0.29) is 22.8 Å². The van der Waals surface area contributed by atoms with E-state index in [1.54, 1.807) is 0 Å². The Morgan fingerprint density at radius 3 is 2.17 bits per heavy atom. The molecule has 0 amide bonds. The molecule has 0 radical (unpaired) electrons. The molecule has 0 aliphatic carbocycles. The maximum absolute atomic E-state index is 11.1. The lowest BCUT2D eigenvalue weighted by molar-refractivity contribution is -0.394. The number of benzene rings is 2. The Bertz CT molecular complexity index is 834. The summed E-state index contributed by atoms with van der Waals surface area (Å²) in [6.07, 6.45) is 0. The third-order valence-electron chi connectivity index (χ3n) is 2.97. The van der Waals surface area contributed by atoms with Gasteiger partial charge in [0.2, 0.25) is 5.75 Å². The molecule has 10 nitrogen and oxygen atoms in total. The molecule has 10 heteroatoms. The summed E-state index contributed by atoms with van der Waals surface area (Å²) in [7, 11) is 1.26. The van der Waals surface area contributed by atoms with Gasteiger partial charge in [-0.05, 0) is 24.3 Å². The van der Waals surface area contributed by atoms with Crippen LogP contribution in [0.25, 0.3) is 0 Å². The maximum atomic E-state index is 11.1. The normalized spacial score (nSPS) is 10.0. The van der Waals surface area contributed by atoms with E-state index in [1.807, 2.05) is 0 Å². The Morgan fingerprint density at radius 2 is 1.62 bits per heavy atom. The predicted molar refractivity (Wildman–Crippen MR) is 77.1 cm³/mol. The summed E-state index contributed by atoms with van der Waals surface area (Å²) in [6, 6.07) is 6.41. The molecule has 0 fully saturated rings. The molecular weight excluding hydrogens is 324 g/mol. The Labute approximate surface area is 134 Å². The zero-order valence-electron chi connectivity index (χ0n) is 12.1. The van der Waals surface area contributed by atoms with Crippen molar-refractivity contribution in [1.82, 2.24) is 0 Å². The van der Waals surface area contributed by atoms with E-state index in [4.69, 9.17) is 9.47 Å². The first-order chi connectivity index (χ1) is 11.3. The second kappa shape index (κ2) is 6.60. The van der Waals surface area contributed by atoms with Gasteiger partial charge in [-0.25, -0.2) is 0 Å². The third kappa shape index (κ3) is 3.38. The van der Waals surface area contributed by atoms with Crippen molar-refractivity contribution in [2.75, 3.05) is 7.11 Å². The first kappa shape index (κ1) is 16.7. The number of ether oxygens (including phenoxy) is 2. The third-order valence-corrected chi connectivity index (χ3v) is 2.97. The molecule has 0 bridgehead atoms. The molecule has 0 spiro atoms. The largest absolute Gasteiger partial charge is 0.545 e. The lowest BCUT2D eigenvalue weighted by Crippen LogP contribution is -2.22. The van der Waals surface area contributed by atoms with Gasteiger partial charge in [0.15, 0.2) is 11.5 Å². The van der Waals surface area contributed by atoms with Crippen molar-refractivity contribution in [1.29, 1.82) is 0 Å². The summed E-state index contributed by atoms with van der Waals surface area (Å²) in [5.41, 5.74) is -1.25. The molecule has 2 aromatic rings. The minimum atomic E-state index is -1.43. The molecule has 0 saturated carbocycles. The van der Waals surface area contributed by atoms with Gasteiger partial charge in [0.25, 0.3) is 5.69 Å². The highest BCUT2D eigenvalue weighted by atomic mass is 16.6. The van der Waals surface area contributed by atoms with Crippen molar-refractivity contribution in [3.05, 3.63) is 62.2 Å². The average Bonchev–Trinajstić information content (AvgIpc) is 2.54. The Morgan fingerprint density at radius 1 is 0.958 bits per heavy atom. The summed E-state index contributed by atoms with van der Waals surface area (Å²) in [4.78, 5) is 31.0. The van der Waals surface area contributed by atoms with Gasteiger partial charge < -0.3 is 19.4 Å². The second-order valence-corrected chi connectivity index (χ2v) is 4.42. The molecule has 0 N–H and O–H groups in total. The molecule has 0 saturated heterocycles. The van der Waals surface area contributed by atoms with Gasteiger partial charge in [-0.3, -0.25) is 20.2 Å². The van der Waals surface area contributed by atoms with Gasteiger partial charge in [0.1, 0.15) is 0 Å². The number of rotatable bonds is 6. The van der Waals surface area contributed by atoms with Crippen molar-refractivity contribution >= 4 is 17.3 Å². The Hall–Kier alpha value is -3.69. The number of nitro benzene ring substituents is 2. The molecule has 0 aromatic heterocycles. The number of carbonyl (C=O) groups excluding carboxylic acids is 1. The van der Waals surface area contributed by atoms with Crippen LogP contribution in [0.2, 0.25) is 0 Å². The number of carboxylic acids is 1.